The monoisotopic (exact) mass is 417 g/mol. The maximum Gasteiger partial charge on any atom is 0.414 e. The molecule has 10 heteroatoms. The van der Waals surface area contributed by atoms with Crippen molar-refractivity contribution < 1.29 is 23.8 Å². The van der Waals surface area contributed by atoms with Crippen LogP contribution in [0.3, 0.4) is 0 Å². The van der Waals surface area contributed by atoms with Gasteiger partial charge in [-0.1, -0.05) is 5.57 Å². The van der Waals surface area contributed by atoms with Gasteiger partial charge < -0.3 is 25.8 Å². The average molecular weight is 417 g/mol. The van der Waals surface area contributed by atoms with Gasteiger partial charge in [-0.2, -0.15) is 5.26 Å². The minimum absolute atomic E-state index is 0.0433. The van der Waals surface area contributed by atoms with Gasteiger partial charge in [0.05, 0.1) is 37.1 Å². The van der Waals surface area contributed by atoms with E-state index in [1.165, 1.54) is 11.0 Å². The Kier molecular flexibility index (Phi) is 6.87. The van der Waals surface area contributed by atoms with Gasteiger partial charge in [-0.05, 0) is 31.0 Å². The molecule has 30 heavy (non-hydrogen) atoms. The molecule has 2 amide bonds. The number of hydrogen-bond donors (Lipinski definition) is 3. The van der Waals surface area contributed by atoms with Crippen molar-refractivity contribution in [1.29, 1.82) is 5.26 Å². The standard InChI is InChI=1S/C20H24FN5O4/c21-16-9-14(1-2-18(16)25-7-4-13(3-6-22)5-8-25)26-11-15(30-20(26)29)10-24-19(28)17(23)12-27/h1-3,9,15,17,27H,4-5,7-8,10-12,23H2,(H,24,28)/t15-,17?/m0/s1. The van der Waals surface area contributed by atoms with E-state index in [1.807, 2.05) is 11.0 Å². The van der Waals surface area contributed by atoms with Crippen LogP contribution in [0.4, 0.5) is 20.6 Å². The number of cyclic esters (lactones) is 1. The predicted molar refractivity (Wildman–Crippen MR) is 107 cm³/mol. The second-order valence-corrected chi connectivity index (χ2v) is 7.21. The maximum atomic E-state index is 14.8. The minimum atomic E-state index is -1.04. The van der Waals surface area contributed by atoms with E-state index in [1.54, 1.807) is 18.2 Å². The molecule has 1 aromatic carbocycles. The molecule has 1 aromatic rings. The lowest BCUT2D eigenvalue weighted by Crippen LogP contribution is -2.45. The molecule has 0 radical (unpaired) electrons. The number of carbonyl (C=O) groups is 2. The smallest absolute Gasteiger partial charge is 0.414 e. The molecule has 0 bridgehead atoms. The highest BCUT2D eigenvalue weighted by atomic mass is 19.1. The van der Waals surface area contributed by atoms with Crippen molar-refractivity contribution in [1.82, 2.24) is 5.32 Å². The van der Waals surface area contributed by atoms with Crippen molar-refractivity contribution in [3.05, 3.63) is 35.7 Å². The van der Waals surface area contributed by atoms with Gasteiger partial charge in [-0.15, -0.1) is 0 Å². The maximum absolute atomic E-state index is 14.8. The second-order valence-electron chi connectivity index (χ2n) is 7.21. The van der Waals surface area contributed by atoms with Gasteiger partial charge >= 0.3 is 6.09 Å². The van der Waals surface area contributed by atoms with Crippen LogP contribution in [0.2, 0.25) is 0 Å². The van der Waals surface area contributed by atoms with Crippen LogP contribution in [0.5, 0.6) is 0 Å². The van der Waals surface area contributed by atoms with E-state index in [2.05, 4.69) is 5.32 Å². The lowest BCUT2D eigenvalue weighted by molar-refractivity contribution is -0.123. The molecular formula is C20H24FN5O4. The number of amides is 2. The molecule has 0 aromatic heterocycles. The second kappa shape index (κ2) is 9.56. The lowest BCUT2D eigenvalue weighted by atomic mass is 10.0. The van der Waals surface area contributed by atoms with E-state index in [0.717, 1.165) is 5.57 Å². The zero-order valence-corrected chi connectivity index (χ0v) is 16.4. The molecule has 0 saturated carbocycles. The number of anilines is 2. The van der Waals surface area contributed by atoms with Crippen LogP contribution >= 0.6 is 0 Å². The van der Waals surface area contributed by atoms with Crippen molar-refractivity contribution in [2.24, 2.45) is 5.73 Å². The van der Waals surface area contributed by atoms with Crippen molar-refractivity contribution in [3.8, 4) is 6.07 Å². The molecule has 2 heterocycles. The SMILES string of the molecule is N#CC=C1CCN(c2ccc(N3C[C@H](CNC(=O)C(N)CO)OC3=O)cc2F)CC1. The Hall–Kier alpha value is -3.16. The van der Waals surface area contributed by atoms with Gasteiger partial charge in [0.2, 0.25) is 5.91 Å². The molecule has 4 N–H and O–H groups in total. The van der Waals surface area contributed by atoms with Gasteiger partial charge in [0, 0.05) is 19.2 Å². The quantitative estimate of drug-likeness (QED) is 0.579. The number of nitriles is 1. The van der Waals surface area contributed by atoms with E-state index in [0.29, 0.717) is 37.3 Å². The number of piperidine rings is 1. The first kappa shape index (κ1) is 21.5. The Balaban J connectivity index is 1.61. The summed E-state index contributed by atoms with van der Waals surface area (Å²) in [4.78, 5) is 27.0. The summed E-state index contributed by atoms with van der Waals surface area (Å²) in [5.41, 5.74) is 7.29. The summed E-state index contributed by atoms with van der Waals surface area (Å²) in [7, 11) is 0. The highest BCUT2D eigenvalue weighted by molar-refractivity contribution is 5.90. The van der Waals surface area contributed by atoms with Gasteiger partial charge in [-0.25, -0.2) is 9.18 Å². The fraction of sp³-hybridized carbons (Fsp3) is 0.450. The molecule has 2 fully saturated rings. The number of halogens is 1. The van der Waals surface area contributed by atoms with Crippen LogP contribution in [-0.2, 0) is 9.53 Å². The molecule has 2 aliphatic rings. The Morgan fingerprint density at radius 1 is 1.47 bits per heavy atom. The van der Waals surface area contributed by atoms with Crippen LogP contribution in [0.25, 0.3) is 0 Å². The van der Waals surface area contributed by atoms with E-state index in [4.69, 9.17) is 20.8 Å². The van der Waals surface area contributed by atoms with Crippen LogP contribution in [-0.4, -0.2) is 62.0 Å². The Labute approximate surface area is 173 Å². The van der Waals surface area contributed by atoms with Gasteiger partial charge in [0.1, 0.15) is 18.0 Å². The van der Waals surface area contributed by atoms with Crippen LogP contribution < -0.4 is 20.9 Å². The number of nitrogens with one attached hydrogen (secondary N) is 1. The molecule has 1 unspecified atom stereocenters. The molecule has 9 nitrogen and oxygen atoms in total. The number of nitrogens with zero attached hydrogens (tertiary/aromatic N) is 3. The number of hydrogen-bond acceptors (Lipinski definition) is 7. The van der Waals surface area contributed by atoms with Crippen molar-refractivity contribution in [3.63, 3.8) is 0 Å². The largest absolute Gasteiger partial charge is 0.442 e. The van der Waals surface area contributed by atoms with E-state index >= 15 is 0 Å². The fourth-order valence-electron chi connectivity index (χ4n) is 3.46. The van der Waals surface area contributed by atoms with Gasteiger partial charge in [0.15, 0.2) is 0 Å². The zero-order valence-electron chi connectivity index (χ0n) is 16.4. The van der Waals surface area contributed by atoms with Crippen molar-refractivity contribution in [2.75, 3.05) is 42.6 Å². The predicted octanol–water partition coefficient (Wildman–Crippen LogP) is 0.637. The molecular weight excluding hydrogens is 393 g/mol. The summed E-state index contributed by atoms with van der Waals surface area (Å²) in [6.07, 6.45) is 1.73. The molecule has 2 atom stereocenters. The third kappa shape index (κ3) is 4.87. The summed E-state index contributed by atoms with van der Waals surface area (Å²) < 4.78 is 20.0. The van der Waals surface area contributed by atoms with Crippen LogP contribution in [0.1, 0.15) is 12.8 Å². The van der Waals surface area contributed by atoms with Crippen LogP contribution in [0.15, 0.2) is 29.8 Å². The van der Waals surface area contributed by atoms with Crippen molar-refractivity contribution in [2.45, 2.75) is 25.0 Å². The van der Waals surface area contributed by atoms with Gasteiger partial charge in [0.25, 0.3) is 0 Å². The van der Waals surface area contributed by atoms with E-state index < -0.39 is 36.6 Å². The summed E-state index contributed by atoms with van der Waals surface area (Å²) >= 11 is 0. The number of aliphatic hydroxyl groups is 1. The summed E-state index contributed by atoms with van der Waals surface area (Å²) in [6, 6.07) is 5.57. The fourth-order valence-corrected chi connectivity index (χ4v) is 3.46. The highest BCUT2D eigenvalue weighted by Gasteiger charge is 2.33. The summed E-state index contributed by atoms with van der Waals surface area (Å²) in [6.45, 7) is 0.946. The summed E-state index contributed by atoms with van der Waals surface area (Å²) in [5, 5.41) is 20.1. The average Bonchev–Trinajstić information content (AvgIpc) is 3.12. The third-order valence-corrected chi connectivity index (χ3v) is 5.17. The number of carbonyl (C=O) groups excluding carboxylic acids is 2. The minimum Gasteiger partial charge on any atom is -0.442 e. The number of nitrogens with two attached hydrogens (primary N) is 1. The molecule has 0 spiro atoms. The summed E-state index contributed by atoms with van der Waals surface area (Å²) in [5.74, 6) is -0.990. The number of allylic oxidation sites excluding steroid dienone is 1. The molecule has 2 saturated heterocycles. The van der Waals surface area contributed by atoms with E-state index in [9.17, 15) is 14.0 Å². The van der Waals surface area contributed by atoms with Gasteiger partial charge in [-0.3, -0.25) is 9.69 Å². The zero-order chi connectivity index (χ0) is 21.7. The lowest BCUT2D eigenvalue weighted by Gasteiger charge is -2.30. The molecule has 160 valence electrons. The molecule has 0 aliphatic carbocycles. The Bertz CT molecular complexity index is 874. The third-order valence-electron chi connectivity index (χ3n) is 5.17. The number of aliphatic hydroxyl groups excluding tert-OH is 1. The first-order chi connectivity index (χ1) is 14.4. The number of benzene rings is 1. The number of rotatable bonds is 6. The van der Waals surface area contributed by atoms with E-state index in [-0.39, 0.29) is 13.1 Å². The normalized spacial score (nSPS) is 19.9. The Morgan fingerprint density at radius 2 is 2.20 bits per heavy atom. The topological polar surface area (TPSA) is 132 Å². The van der Waals surface area contributed by atoms with Crippen LogP contribution in [0, 0.1) is 17.1 Å². The number of ether oxygens (including phenoxy) is 1. The first-order valence-corrected chi connectivity index (χ1v) is 9.67. The molecule has 2 aliphatic heterocycles. The Morgan fingerprint density at radius 3 is 2.83 bits per heavy atom. The highest BCUT2D eigenvalue weighted by Crippen LogP contribution is 2.30. The van der Waals surface area contributed by atoms with Crippen molar-refractivity contribution >= 4 is 23.4 Å². The first-order valence-electron chi connectivity index (χ1n) is 9.67. The molecule has 3 rings (SSSR count).